The minimum atomic E-state index is 0.140. The van der Waals surface area contributed by atoms with Crippen LogP contribution in [0.1, 0.15) is 16.9 Å². The molecule has 17 heavy (non-hydrogen) atoms. The van der Waals surface area contributed by atoms with Crippen molar-refractivity contribution in [2.24, 2.45) is 5.73 Å². The van der Waals surface area contributed by atoms with Crippen molar-refractivity contribution in [3.63, 3.8) is 0 Å². The lowest BCUT2D eigenvalue weighted by Crippen LogP contribution is -2.09. The summed E-state index contributed by atoms with van der Waals surface area (Å²) in [4.78, 5) is 11.8. The third-order valence-electron chi connectivity index (χ3n) is 2.68. The van der Waals surface area contributed by atoms with Crippen LogP contribution < -0.4 is 5.73 Å². The lowest BCUT2D eigenvalue weighted by atomic mass is 10.0. The first-order chi connectivity index (χ1) is 8.29. The maximum Gasteiger partial charge on any atom is 0.144 e. The average molecular weight is 229 g/mol. The van der Waals surface area contributed by atoms with Crippen LogP contribution in [0.25, 0.3) is 0 Å². The number of furan rings is 1. The molecular weight excluding hydrogens is 214 g/mol. The van der Waals surface area contributed by atoms with Gasteiger partial charge in [-0.25, -0.2) is 0 Å². The van der Waals surface area contributed by atoms with E-state index in [1.54, 1.807) is 12.3 Å². The van der Waals surface area contributed by atoms with Crippen LogP contribution in [0.2, 0.25) is 0 Å². The highest BCUT2D eigenvalue weighted by molar-refractivity contribution is 5.82. The van der Waals surface area contributed by atoms with E-state index in [4.69, 9.17) is 10.2 Å². The van der Waals surface area contributed by atoms with Gasteiger partial charge in [0.2, 0.25) is 0 Å². The highest BCUT2D eigenvalue weighted by Crippen LogP contribution is 2.11. The molecule has 3 heteroatoms. The summed E-state index contributed by atoms with van der Waals surface area (Å²) in [6, 6.07) is 11.4. The number of nitrogens with two attached hydrogens (primary N) is 1. The van der Waals surface area contributed by atoms with E-state index in [2.05, 4.69) is 0 Å². The van der Waals surface area contributed by atoms with Gasteiger partial charge >= 0.3 is 0 Å². The minimum absolute atomic E-state index is 0.140. The third-order valence-corrected chi connectivity index (χ3v) is 2.68. The maximum atomic E-state index is 11.8. The normalized spacial score (nSPS) is 10.4. The molecule has 0 aliphatic carbocycles. The van der Waals surface area contributed by atoms with Crippen molar-refractivity contribution in [2.75, 3.05) is 0 Å². The van der Waals surface area contributed by atoms with Crippen LogP contribution in [0.3, 0.4) is 0 Å². The fourth-order valence-electron chi connectivity index (χ4n) is 1.81. The lowest BCUT2D eigenvalue weighted by Gasteiger charge is -2.05. The smallest absolute Gasteiger partial charge is 0.144 e. The summed E-state index contributed by atoms with van der Waals surface area (Å²) in [5, 5.41) is 0. The van der Waals surface area contributed by atoms with Crippen LogP contribution in [0, 0.1) is 0 Å². The van der Waals surface area contributed by atoms with Gasteiger partial charge in [0.15, 0.2) is 0 Å². The fourth-order valence-corrected chi connectivity index (χ4v) is 1.81. The summed E-state index contributed by atoms with van der Waals surface area (Å²) in [6.45, 7) is 0.463. The van der Waals surface area contributed by atoms with E-state index < -0.39 is 0 Å². The first-order valence-corrected chi connectivity index (χ1v) is 5.60. The molecule has 1 heterocycles. The van der Waals surface area contributed by atoms with Crippen molar-refractivity contribution >= 4 is 5.78 Å². The van der Waals surface area contributed by atoms with E-state index >= 15 is 0 Å². The Morgan fingerprint density at radius 1 is 1.06 bits per heavy atom. The number of hydrogen-bond donors (Lipinski definition) is 1. The first kappa shape index (κ1) is 11.6. The minimum Gasteiger partial charge on any atom is -0.469 e. The number of benzene rings is 1. The quantitative estimate of drug-likeness (QED) is 0.854. The summed E-state index contributed by atoms with van der Waals surface area (Å²) in [5.41, 5.74) is 7.67. The summed E-state index contributed by atoms with van der Waals surface area (Å²) >= 11 is 0. The highest BCUT2D eigenvalue weighted by Gasteiger charge is 2.09. The van der Waals surface area contributed by atoms with Gasteiger partial charge in [-0.1, -0.05) is 24.3 Å². The standard InChI is InChI=1S/C14H15NO2/c15-10-12-5-2-1-4-11(12)8-13(16)9-14-6-3-7-17-14/h1-7H,8-10,15H2. The second kappa shape index (κ2) is 5.46. The van der Waals surface area contributed by atoms with Crippen LogP contribution in [-0.2, 0) is 24.2 Å². The topological polar surface area (TPSA) is 56.2 Å². The fraction of sp³-hybridized carbons (Fsp3) is 0.214. The van der Waals surface area contributed by atoms with E-state index in [1.165, 1.54) is 0 Å². The molecule has 2 aromatic rings. The molecule has 2 rings (SSSR count). The number of carbonyl (C=O) groups is 1. The zero-order valence-corrected chi connectivity index (χ0v) is 9.56. The number of hydrogen-bond acceptors (Lipinski definition) is 3. The summed E-state index contributed by atoms with van der Waals surface area (Å²) in [5.74, 6) is 0.848. The van der Waals surface area contributed by atoms with Crippen LogP contribution in [0.15, 0.2) is 47.1 Å². The Balaban J connectivity index is 2.03. The predicted molar refractivity (Wildman–Crippen MR) is 65.5 cm³/mol. The third kappa shape index (κ3) is 3.04. The number of Topliss-reactive ketones (excluding diaryl/α,β-unsaturated/α-hetero) is 1. The van der Waals surface area contributed by atoms with Crippen molar-refractivity contribution < 1.29 is 9.21 Å². The molecule has 3 nitrogen and oxygen atoms in total. The molecule has 0 aliphatic heterocycles. The van der Waals surface area contributed by atoms with E-state index in [0.29, 0.717) is 25.1 Å². The van der Waals surface area contributed by atoms with Gasteiger partial charge in [-0.3, -0.25) is 4.79 Å². The van der Waals surface area contributed by atoms with Gasteiger partial charge in [0.1, 0.15) is 11.5 Å². The van der Waals surface area contributed by atoms with E-state index in [9.17, 15) is 4.79 Å². The van der Waals surface area contributed by atoms with Crippen LogP contribution in [0.4, 0.5) is 0 Å². The molecule has 0 saturated carbocycles. The van der Waals surface area contributed by atoms with Gasteiger partial charge in [0.05, 0.1) is 12.7 Å². The molecule has 0 spiro atoms. The van der Waals surface area contributed by atoms with Crippen LogP contribution in [0.5, 0.6) is 0 Å². The van der Waals surface area contributed by atoms with Gasteiger partial charge in [-0.2, -0.15) is 0 Å². The molecule has 0 radical (unpaired) electrons. The molecule has 1 aromatic heterocycles. The number of rotatable bonds is 5. The Bertz CT molecular complexity index is 489. The van der Waals surface area contributed by atoms with Crippen molar-refractivity contribution in [3.05, 3.63) is 59.5 Å². The van der Waals surface area contributed by atoms with E-state index in [-0.39, 0.29) is 5.78 Å². The Kier molecular flexibility index (Phi) is 3.73. The predicted octanol–water partition coefficient (Wildman–Crippen LogP) is 2.09. The van der Waals surface area contributed by atoms with E-state index in [1.807, 2.05) is 30.3 Å². The van der Waals surface area contributed by atoms with Gasteiger partial charge in [0, 0.05) is 13.0 Å². The molecule has 0 fully saturated rings. The lowest BCUT2D eigenvalue weighted by molar-refractivity contribution is -0.118. The molecular formula is C14H15NO2. The molecule has 0 aliphatic rings. The summed E-state index contributed by atoms with van der Waals surface area (Å²) in [6.07, 6.45) is 2.33. The Morgan fingerprint density at radius 3 is 2.47 bits per heavy atom. The molecule has 1 aromatic carbocycles. The Morgan fingerprint density at radius 2 is 1.82 bits per heavy atom. The van der Waals surface area contributed by atoms with Crippen molar-refractivity contribution in [3.8, 4) is 0 Å². The largest absolute Gasteiger partial charge is 0.469 e. The van der Waals surface area contributed by atoms with Crippen molar-refractivity contribution in [2.45, 2.75) is 19.4 Å². The zero-order valence-electron chi connectivity index (χ0n) is 9.56. The zero-order chi connectivity index (χ0) is 12.1. The van der Waals surface area contributed by atoms with Crippen molar-refractivity contribution in [1.29, 1.82) is 0 Å². The second-order valence-electron chi connectivity index (χ2n) is 3.94. The molecule has 0 saturated heterocycles. The number of carbonyl (C=O) groups excluding carboxylic acids is 1. The SMILES string of the molecule is NCc1ccccc1CC(=O)Cc1ccco1. The van der Waals surface area contributed by atoms with Gasteiger partial charge in [-0.05, 0) is 23.3 Å². The van der Waals surface area contributed by atoms with Gasteiger partial charge < -0.3 is 10.2 Å². The second-order valence-corrected chi connectivity index (χ2v) is 3.94. The maximum absolute atomic E-state index is 11.8. The Hall–Kier alpha value is -1.87. The molecule has 88 valence electrons. The highest BCUT2D eigenvalue weighted by atomic mass is 16.3. The molecule has 0 unspecified atom stereocenters. The molecule has 2 N–H and O–H groups in total. The van der Waals surface area contributed by atoms with Gasteiger partial charge in [-0.15, -0.1) is 0 Å². The van der Waals surface area contributed by atoms with Crippen LogP contribution in [-0.4, -0.2) is 5.78 Å². The summed E-state index contributed by atoms with van der Waals surface area (Å²) < 4.78 is 5.15. The molecule has 0 amide bonds. The van der Waals surface area contributed by atoms with Crippen LogP contribution >= 0.6 is 0 Å². The molecule has 0 bridgehead atoms. The first-order valence-electron chi connectivity index (χ1n) is 5.60. The monoisotopic (exact) mass is 229 g/mol. The number of ketones is 1. The van der Waals surface area contributed by atoms with E-state index in [0.717, 1.165) is 11.1 Å². The average Bonchev–Trinajstić information content (AvgIpc) is 2.82. The Labute approximate surface area is 100 Å². The molecule has 0 atom stereocenters. The van der Waals surface area contributed by atoms with Gasteiger partial charge in [0.25, 0.3) is 0 Å². The van der Waals surface area contributed by atoms with Crippen molar-refractivity contribution in [1.82, 2.24) is 0 Å². The summed E-state index contributed by atoms with van der Waals surface area (Å²) in [7, 11) is 0.